The van der Waals surface area contributed by atoms with Gasteiger partial charge in [-0.1, -0.05) is 48.5 Å². The molecule has 5 rings (SSSR count). The molecule has 0 radical (unpaired) electrons. The van der Waals surface area contributed by atoms with Gasteiger partial charge in [-0.2, -0.15) is 0 Å². The van der Waals surface area contributed by atoms with Crippen molar-refractivity contribution >= 4 is 11.8 Å². The van der Waals surface area contributed by atoms with Crippen LogP contribution in [0.2, 0.25) is 0 Å². The van der Waals surface area contributed by atoms with Crippen molar-refractivity contribution in [3.63, 3.8) is 0 Å². The van der Waals surface area contributed by atoms with Crippen LogP contribution in [0.5, 0.6) is 11.5 Å². The molecule has 1 aliphatic rings. The number of carbonyl (C=O) groups excluding carboxylic acids is 2. The maximum absolute atomic E-state index is 13.8. The summed E-state index contributed by atoms with van der Waals surface area (Å²) in [5, 5.41) is 2.92. The molecule has 0 fully saturated rings. The lowest BCUT2D eigenvalue weighted by Crippen LogP contribution is -2.43. The molecular formula is C28H23FN4O4. The average molecular weight is 499 g/mol. The summed E-state index contributed by atoms with van der Waals surface area (Å²) in [5.41, 5.74) is 2.14. The second-order valence-corrected chi connectivity index (χ2v) is 8.37. The van der Waals surface area contributed by atoms with Gasteiger partial charge in [0.25, 0.3) is 5.91 Å². The van der Waals surface area contributed by atoms with Gasteiger partial charge in [-0.15, -0.1) is 0 Å². The Morgan fingerprint density at radius 1 is 0.946 bits per heavy atom. The molecule has 4 aromatic rings. The zero-order valence-corrected chi connectivity index (χ0v) is 19.7. The summed E-state index contributed by atoms with van der Waals surface area (Å²) in [5.74, 6) is -0.222. The monoisotopic (exact) mass is 498 g/mol. The van der Waals surface area contributed by atoms with Crippen LogP contribution >= 0.6 is 0 Å². The minimum Gasteiger partial charge on any atom is -0.454 e. The fourth-order valence-corrected chi connectivity index (χ4v) is 4.07. The molecule has 37 heavy (non-hydrogen) atoms. The number of nitrogens with one attached hydrogen (secondary N) is 1. The van der Waals surface area contributed by atoms with E-state index >= 15 is 0 Å². The number of rotatable bonds is 8. The first kappa shape index (κ1) is 23.9. The molecule has 2 heterocycles. The van der Waals surface area contributed by atoms with Crippen molar-refractivity contribution in [2.75, 3.05) is 6.79 Å². The Balaban J connectivity index is 1.52. The van der Waals surface area contributed by atoms with E-state index in [0.717, 1.165) is 5.56 Å². The molecule has 1 atom stereocenters. The summed E-state index contributed by atoms with van der Waals surface area (Å²) in [6.07, 6.45) is 4.22. The second kappa shape index (κ2) is 10.9. The van der Waals surface area contributed by atoms with E-state index in [1.165, 1.54) is 47.8 Å². The number of aromatic nitrogens is 2. The number of amides is 2. The number of hydrogen-bond acceptors (Lipinski definition) is 6. The summed E-state index contributed by atoms with van der Waals surface area (Å²) < 4.78 is 24.7. The van der Waals surface area contributed by atoms with E-state index in [-0.39, 0.29) is 25.6 Å². The zero-order chi connectivity index (χ0) is 25.6. The highest BCUT2D eigenvalue weighted by atomic mass is 19.1. The van der Waals surface area contributed by atoms with Gasteiger partial charge < -0.3 is 19.7 Å². The van der Waals surface area contributed by atoms with Crippen molar-refractivity contribution in [3.8, 4) is 11.5 Å². The van der Waals surface area contributed by atoms with Crippen molar-refractivity contribution in [1.29, 1.82) is 0 Å². The molecule has 1 N–H and O–H groups in total. The number of hydrogen-bond donors (Lipinski definition) is 1. The smallest absolute Gasteiger partial charge is 0.275 e. The van der Waals surface area contributed by atoms with Crippen LogP contribution in [-0.4, -0.2) is 33.5 Å². The molecule has 1 aromatic heterocycles. The maximum Gasteiger partial charge on any atom is 0.275 e. The zero-order valence-electron chi connectivity index (χ0n) is 19.7. The van der Waals surface area contributed by atoms with Crippen LogP contribution in [0.3, 0.4) is 0 Å². The highest BCUT2D eigenvalue weighted by Crippen LogP contribution is 2.34. The minimum atomic E-state index is -1.08. The normalized spacial score (nSPS) is 12.6. The van der Waals surface area contributed by atoms with E-state index in [2.05, 4.69) is 15.3 Å². The molecular weight excluding hydrogens is 475 g/mol. The summed E-state index contributed by atoms with van der Waals surface area (Å²) in [6.45, 7) is 0.419. The fraction of sp³-hybridized carbons (Fsp3) is 0.143. The fourth-order valence-electron chi connectivity index (χ4n) is 4.07. The van der Waals surface area contributed by atoms with Crippen molar-refractivity contribution in [3.05, 3.63) is 120 Å². The summed E-state index contributed by atoms with van der Waals surface area (Å²) >= 11 is 0. The molecule has 186 valence electrons. The largest absolute Gasteiger partial charge is 0.454 e. The van der Waals surface area contributed by atoms with E-state index in [4.69, 9.17) is 9.47 Å². The lowest BCUT2D eigenvalue weighted by Gasteiger charge is -2.31. The molecule has 0 aliphatic carbocycles. The number of benzene rings is 3. The Hall–Kier alpha value is -4.79. The number of fused-ring (bicyclic) bond motifs is 1. The lowest BCUT2D eigenvalue weighted by molar-refractivity contribution is -0.126. The van der Waals surface area contributed by atoms with Crippen molar-refractivity contribution in [2.24, 2.45) is 0 Å². The van der Waals surface area contributed by atoms with Crippen LogP contribution in [0.4, 0.5) is 4.39 Å². The molecule has 9 heteroatoms. The van der Waals surface area contributed by atoms with E-state index in [9.17, 15) is 14.0 Å². The molecule has 8 nitrogen and oxygen atoms in total. The molecule has 0 saturated carbocycles. The molecule has 0 spiro atoms. The first-order valence-corrected chi connectivity index (χ1v) is 11.6. The van der Waals surface area contributed by atoms with Crippen molar-refractivity contribution in [1.82, 2.24) is 20.2 Å². The lowest BCUT2D eigenvalue weighted by atomic mass is 10.0. The first-order valence-electron chi connectivity index (χ1n) is 11.6. The Kier molecular flexibility index (Phi) is 7.02. The second-order valence-electron chi connectivity index (χ2n) is 8.37. The number of carbonyl (C=O) groups is 2. The molecule has 3 aromatic carbocycles. The van der Waals surface area contributed by atoms with Gasteiger partial charge in [0.15, 0.2) is 11.5 Å². The number of halogens is 1. The van der Waals surface area contributed by atoms with Gasteiger partial charge >= 0.3 is 0 Å². The SMILES string of the molecule is O=C(NCc1ccccc1)C(c1ccc(F)cc1)N(Cc1ccc2c(c1)OCO2)C(=O)c1cnccn1. The number of ether oxygens (including phenoxy) is 2. The quantitative estimate of drug-likeness (QED) is 0.394. The van der Waals surface area contributed by atoms with Gasteiger partial charge in [0.05, 0.1) is 6.20 Å². The summed E-state index contributed by atoms with van der Waals surface area (Å²) in [4.78, 5) is 37.0. The highest BCUT2D eigenvalue weighted by molar-refractivity contribution is 5.96. The van der Waals surface area contributed by atoms with Gasteiger partial charge in [-0.25, -0.2) is 9.37 Å². The van der Waals surface area contributed by atoms with Crippen LogP contribution < -0.4 is 14.8 Å². The Bertz CT molecular complexity index is 1380. The topological polar surface area (TPSA) is 93.7 Å². The third-order valence-electron chi connectivity index (χ3n) is 5.89. The standard InChI is InChI=1S/C28H23FN4O4/c29-22-9-7-21(8-10-22)26(27(34)32-15-19-4-2-1-3-5-19)33(28(35)23-16-30-12-13-31-23)17-20-6-11-24-25(14-20)37-18-36-24/h1-14,16,26H,15,17-18H2,(H,32,34). The maximum atomic E-state index is 13.8. The van der Waals surface area contributed by atoms with E-state index in [0.29, 0.717) is 22.6 Å². The van der Waals surface area contributed by atoms with E-state index < -0.39 is 23.7 Å². The Labute approximate surface area is 212 Å². The van der Waals surface area contributed by atoms with Crippen LogP contribution in [0, 0.1) is 5.82 Å². The van der Waals surface area contributed by atoms with E-state index in [1.54, 1.807) is 18.2 Å². The van der Waals surface area contributed by atoms with Crippen LogP contribution in [0.1, 0.15) is 33.2 Å². The van der Waals surface area contributed by atoms with Crippen LogP contribution in [-0.2, 0) is 17.9 Å². The molecule has 2 amide bonds. The number of nitrogens with zero attached hydrogens (tertiary/aromatic N) is 3. The van der Waals surface area contributed by atoms with Gasteiger partial charge in [0.1, 0.15) is 17.6 Å². The van der Waals surface area contributed by atoms with Gasteiger partial charge in [-0.05, 0) is 41.0 Å². The van der Waals surface area contributed by atoms with Gasteiger partial charge in [0.2, 0.25) is 12.7 Å². The van der Waals surface area contributed by atoms with Gasteiger partial charge in [-0.3, -0.25) is 14.6 Å². The highest BCUT2D eigenvalue weighted by Gasteiger charge is 2.33. The van der Waals surface area contributed by atoms with Crippen LogP contribution in [0.15, 0.2) is 91.4 Å². The third kappa shape index (κ3) is 5.56. The molecule has 1 aliphatic heterocycles. The summed E-state index contributed by atoms with van der Waals surface area (Å²) in [6, 6.07) is 19.2. The Morgan fingerprint density at radius 3 is 2.49 bits per heavy atom. The Morgan fingerprint density at radius 2 is 1.73 bits per heavy atom. The average Bonchev–Trinajstić information content (AvgIpc) is 3.41. The van der Waals surface area contributed by atoms with E-state index in [1.807, 2.05) is 30.3 Å². The third-order valence-corrected chi connectivity index (χ3v) is 5.89. The predicted molar refractivity (Wildman–Crippen MR) is 132 cm³/mol. The molecule has 0 bridgehead atoms. The molecule has 1 unspecified atom stereocenters. The van der Waals surface area contributed by atoms with Gasteiger partial charge in [0, 0.05) is 25.5 Å². The first-order chi connectivity index (χ1) is 18.1. The molecule has 0 saturated heterocycles. The predicted octanol–water partition coefficient (Wildman–Crippen LogP) is 4.04. The minimum absolute atomic E-state index is 0.0485. The summed E-state index contributed by atoms with van der Waals surface area (Å²) in [7, 11) is 0. The van der Waals surface area contributed by atoms with Crippen molar-refractivity contribution < 1.29 is 23.5 Å². The van der Waals surface area contributed by atoms with Crippen LogP contribution in [0.25, 0.3) is 0 Å². The van der Waals surface area contributed by atoms with Crippen molar-refractivity contribution in [2.45, 2.75) is 19.1 Å².